The molecule has 0 saturated carbocycles. The highest BCUT2D eigenvalue weighted by molar-refractivity contribution is 7.11. The van der Waals surface area contributed by atoms with E-state index in [-0.39, 0.29) is 5.82 Å². The molecular weight excluding hydrogens is 397 g/mol. The summed E-state index contributed by atoms with van der Waals surface area (Å²) in [5.74, 6) is 0.818. The van der Waals surface area contributed by atoms with E-state index in [2.05, 4.69) is 4.98 Å². The molecule has 2 heterocycles. The summed E-state index contributed by atoms with van der Waals surface area (Å²) in [7, 11) is 1.56. The number of aromatic nitrogens is 3. The van der Waals surface area contributed by atoms with Crippen LogP contribution in [-0.2, 0) is 6.42 Å². The third kappa shape index (κ3) is 3.79. The highest BCUT2D eigenvalue weighted by atomic mass is 35.5. The number of aryl methyl sites for hydroxylation is 1. The number of benzene rings is 2. The van der Waals surface area contributed by atoms with Gasteiger partial charge in [-0.1, -0.05) is 11.6 Å². The molecule has 4 rings (SSSR count). The average molecular weight is 414 g/mol. The van der Waals surface area contributed by atoms with Crippen molar-refractivity contribution in [2.24, 2.45) is 0 Å². The Morgan fingerprint density at radius 2 is 1.96 bits per heavy atom. The van der Waals surface area contributed by atoms with Crippen LogP contribution in [-0.4, -0.2) is 21.6 Å². The lowest BCUT2D eigenvalue weighted by atomic mass is 10.1. The maximum absolute atomic E-state index is 14.0. The number of hydrogen-bond donors (Lipinski definition) is 0. The van der Waals surface area contributed by atoms with Crippen molar-refractivity contribution in [3.05, 3.63) is 81.3 Å². The molecule has 0 saturated heterocycles. The lowest BCUT2D eigenvalue weighted by molar-refractivity contribution is 0.415. The second kappa shape index (κ2) is 7.73. The summed E-state index contributed by atoms with van der Waals surface area (Å²) in [6.07, 6.45) is 4.47. The van der Waals surface area contributed by atoms with Gasteiger partial charge >= 0.3 is 0 Å². The van der Waals surface area contributed by atoms with Crippen LogP contribution in [0.4, 0.5) is 4.39 Å². The van der Waals surface area contributed by atoms with Crippen LogP contribution in [0.25, 0.3) is 17.1 Å². The van der Waals surface area contributed by atoms with Crippen molar-refractivity contribution in [1.29, 1.82) is 0 Å². The molecule has 142 valence electrons. The topological polar surface area (TPSA) is 39.9 Å². The fourth-order valence-electron chi connectivity index (χ4n) is 3.02. The molecule has 0 N–H and O–H groups in total. The predicted molar refractivity (Wildman–Crippen MR) is 110 cm³/mol. The van der Waals surface area contributed by atoms with Gasteiger partial charge in [-0.15, -0.1) is 11.3 Å². The summed E-state index contributed by atoms with van der Waals surface area (Å²) < 4.78 is 21.4. The number of rotatable bonds is 5. The number of thiazole rings is 1. The van der Waals surface area contributed by atoms with E-state index in [1.165, 1.54) is 12.1 Å². The smallest absolute Gasteiger partial charge is 0.148 e. The van der Waals surface area contributed by atoms with E-state index in [1.807, 2.05) is 48.1 Å². The summed E-state index contributed by atoms with van der Waals surface area (Å²) in [4.78, 5) is 10.2. The first-order chi connectivity index (χ1) is 13.5. The molecule has 0 amide bonds. The van der Waals surface area contributed by atoms with Gasteiger partial charge < -0.3 is 4.74 Å². The second-order valence-electron chi connectivity index (χ2n) is 6.27. The summed E-state index contributed by atoms with van der Waals surface area (Å²) in [5, 5.41) is 1.66. The van der Waals surface area contributed by atoms with Crippen LogP contribution < -0.4 is 4.74 Å². The first-order valence-electron chi connectivity index (χ1n) is 8.63. The van der Waals surface area contributed by atoms with E-state index in [4.69, 9.17) is 21.3 Å². The highest BCUT2D eigenvalue weighted by Gasteiger charge is 2.17. The van der Waals surface area contributed by atoms with Gasteiger partial charge in [0.2, 0.25) is 0 Å². The SMILES string of the molecule is COc1ccc(F)cc1-c1nc(Cc2cnc(C)s2)cn1-c1ccc(Cl)cc1. The minimum atomic E-state index is -0.346. The van der Waals surface area contributed by atoms with Crippen LogP contribution in [0.1, 0.15) is 15.6 Å². The fourth-order valence-corrected chi connectivity index (χ4v) is 3.96. The van der Waals surface area contributed by atoms with E-state index in [0.717, 1.165) is 21.3 Å². The zero-order valence-electron chi connectivity index (χ0n) is 15.3. The molecule has 4 aromatic rings. The van der Waals surface area contributed by atoms with Gasteiger partial charge in [0.1, 0.15) is 17.4 Å². The van der Waals surface area contributed by atoms with Crippen LogP contribution >= 0.6 is 22.9 Å². The summed E-state index contributed by atoms with van der Waals surface area (Å²) in [6.45, 7) is 1.98. The monoisotopic (exact) mass is 413 g/mol. The minimum absolute atomic E-state index is 0.346. The van der Waals surface area contributed by atoms with E-state index in [1.54, 1.807) is 24.5 Å². The lowest BCUT2D eigenvalue weighted by Gasteiger charge is -2.11. The first-order valence-corrected chi connectivity index (χ1v) is 9.82. The number of hydrogen-bond acceptors (Lipinski definition) is 4. The van der Waals surface area contributed by atoms with Gasteiger partial charge in [0.15, 0.2) is 0 Å². The Balaban J connectivity index is 1.85. The van der Waals surface area contributed by atoms with Crippen LogP contribution in [0.15, 0.2) is 54.9 Å². The third-order valence-electron chi connectivity index (χ3n) is 4.29. The number of ether oxygens (including phenoxy) is 1. The second-order valence-corrected chi connectivity index (χ2v) is 8.03. The molecule has 7 heteroatoms. The zero-order valence-corrected chi connectivity index (χ0v) is 16.9. The van der Waals surface area contributed by atoms with Crippen LogP contribution in [0, 0.1) is 12.7 Å². The lowest BCUT2D eigenvalue weighted by Crippen LogP contribution is -1.98. The number of nitrogens with zero attached hydrogens (tertiary/aromatic N) is 3. The summed E-state index contributed by atoms with van der Waals surface area (Å²) in [6, 6.07) is 11.9. The normalized spacial score (nSPS) is 11.0. The summed E-state index contributed by atoms with van der Waals surface area (Å²) >= 11 is 7.68. The Kier molecular flexibility index (Phi) is 5.15. The standard InChI is InChI=1S/C21H17ClFN3OS/c1-13-24-11-18(28-13)10-16-12-26(17-6-3-14(22)4-7-17)21(25-16)19-9-15(23)5-8-20(19)27-2/h3-9,11-12H,10H2,1-2H3. The van der Waals surface area contributed by atoms with Gasteiger partial charge in [-0.25, -0.2) is 14.4 Å². The molecule has 0 radical (unpaired) electrons. The van der Waals surface area contributed by atoms with Gasteiger partial charge in [0.05, 0.1) is 23.4 Å². The van der Waals surface area contributed by atoms with Gasteiger partial charge in [-0.2, -0.15) is 0 Å². The van der Waals surface area contributed by atoms with Crippen molar-refractivity contribution >= 4 is 22.9 Å². The van der Waals surface area contributed by atoms with Gasteiger partial charge in [0.25, 0.3) is 0 Å². The fraction of sp³-hybridized carbons (Fsp3) is 0.143. The quantitative estimate of drug-likeness (QED) is 0.421. The molecule has 2 aromatic heterocycles. The molecule has 0 aliphatic heterocycles. The molecular formula is C21H17ClFN3OS. The third-order valence-corrected chi connectivity index (χ3v) is 5.45. The van der Waals surface area contributed by atoms with Crippen LogP contribution in [0.2, 0.25) is 5.02 Å². The Labute approximate surface area is 171 Å². The van der Waals surface area contributed by atoms with Gasteiger partial charge in [0, 0.05) is 34.4 Å². The van der Waals surface area contributed by atoms with E-state index < -0.39 is 0 Å². The van der Waals surface area contributed by atoms with Crippen molar-refractivity contribution < 1.29 is 9.13 Å². The Bertz CT molecular complexity index is 1120. The molecule has 0 bridgehead atoms. The molecule has 28 heavy (non-hydrogen) atoms. The van der Waals surface area contributed by atoms with Crippen molar-refractivity contribution in [2.75, 3.05) is 7.11 Å². The average Bonchev–Trinajstić information content (AvgIpc) is 3.29. The summed E-state index contributed by atoms with van der Waals surface area (Å²) in [5.41, 5.74) is 2.33. The highest BCUT2D eigenvalue weighted by Crippen LogP contribution is 2.32. The van der Waals surface area contributed by atoms with Crippen molar-refractivity contribution in [3.8, 4) is 22.8 Å². The van der Waals surface area contributed by atoms with Crippen molar-refractivity contribution in [1.82, 2.24) is 14.5 Å². The largest absolute Gasteiger partial charge is 0.496 e. The molecule has 0 atom stereocenters. The zero-order chi connectivity index (χ0) is 19.7. The minimum Gasteiger partial charge on any atom is -0.496 e. The molecule has 0 fully saturated rings. The molecule has 4 nitrogen and oxygen atoms in total. The van der Waals surface area contributed by atoms with Crippen molar-refractivity contribution in [2.45, 2.75) is 13.3 Å². The Hall–Kier alpha value is -2.70. The molecule has 2 aromatic carbocycles. The van der Waals surface area contributed by atoms with E-state index >= 15 is 0 Å². The Morgan fingerprint density at radius 1 is 1.18 bits per heavy atom. The van der Waals surface area contributed by atoms with Crippen molar-refractivity contribution in [3.63, 3.8) is 0 Å². The first kappa shape index (κ1) is 18.7. The van der Waals surface area contributed by atoms with E-state index in [0.29, 0.717) is 28.6 Å². The van der Waals surface area contributed by atoms with Crippen LogP contribution in [0.3, 0.4) is 0 Å². The molecule has 0 aliphatic carbocycles. The van der Waals surface area contributed by atoms with E-state index in [9.17, 15) is 4.39 Å². The maximum Gasteiger partial charge on any atom is 0.148 e. The van der Waals surface area contributed by atoms with Gasteiger partial charge in [-0.3, -0.25) is 4.57 Å². The van der Waals surface area contributed by atoms with Gasteiger partial charge in [-0.05, 0) is 49.4 Å². The molecule has 0 spiro atoms. The van der Waals surface area contributed by atoms with Crippen LogP contribution in [0.5, 0.6) is 5.75 Å². The predicted octanol–water partition coefficient (Wildman–Crippen LogP) is 5.70. The maximum atomic E-state index is 14.0. The Morgan fingerprint density at radius 3 is 2.64 bits per heavy atom. The number of methoxy groups -OCH3 is 1. The molecule has 0 unspecified atom stereocenters. The number of imidazole rings is 1. The molecule has 0 aliphatic rings. The number of halogens is 2.